The van der Waals surface area contributed by atoms with E-state index in [4.69, 9.17) is 0 Å². The molecular formula is C13H8INO3. The zero-order chi connectivity index (χ0) is 13.1. The average Bonchev–Trinajstić information content (AvgIpc) is 2.39. The molecule has 2 aromatic carbocycles. The summed E-state index contributed by atoms with van der Waals surface area (Å²) in [6, 6.07) is 13.2. The Morgan fingerprint density at radius 2 is 1.72 bits per heavy atom. The van der Waals surface area contributed by atoms with E-state index in [1.165, 1.54) is 12.1 Å². The van der Waals surface area contributed by atoms with Gasteiger partial charge in [-0.15, -0.1) is 0 Å². The zero-order valence-electron chi connectivity index (χ0n) is 9.17. The Morgan fingerprint density at radius 1 is 1.06 bits per heavy atom. The summed E-state index contributed by atoms with van der Waals surface area (Å²) in [5.74, 6) is -0.205. The van der Waals surface area contributed by atoms with Crippen molar-refractivity contribution in [3.05, 3.63) is 73.3 Å². The summed E-state index contributed by atoms with van der Waals surface area (Å²) in [6.07, 6.45) is 0. The lowest BCUT2D eigenvalue weighted by Gasteiger charge is -2.04. The molecule has 0 aliphatic carbocycles. The molecule has 0 aromatic heterocycles. The number of halogens is 1. The molecule has 0 fully saturated rings. The molecule has 0 N–H and O–H groups in total. The van der Waals surface area contributed by atoms with Gasteiger partial charge in [0.2, 0.25) is 0 Å². The van der Waals surface area contributed by atoms with Crippen LogP contribution in [0.25, 0.3) is 0 Å². The number of benzene rings is 2. The van der Waals surface area contributed by atoms with Crippen LogP contribution in [0.2, 0.25) is 0 Å². The second-order valence-electron chi connectivity index (χ2n) is 3.59. The average molecular weight is 353 g/mol. The number of ketones is 1. The lowest BCUT2D eigenvalue weighted by Crippen LogP contribution is -2.05. The van der Waals surface area contributed by atoms with Gasteiger partial charge in [0, 0.05) is 17.2 Å². The molecule has 0 heterocycles. The molecule has 0 unspecified atom stereocenters. The van der Waals surface area contributed by atoms with E-state index in [0.717, 1.165) is 0 Å². The van der Waals surface area contributed by atoms with Gasteiger partial charge in [-0.1, -0.05) is 36.4 Å². The lowest BCUT2D eigenvalue weighted by molar-refractivity contribution is -0.385. The summed E-state index contributed by atoms with van der Waals surface area (Å²) < 4.78 is 0.369. The van der Waals surface area contributed by atoms with Gasteiger partial charge in [0.15, 0.2) is 5.78 Å². The molecule has 0 bridgehead atoms. The number of nitro groups is 1. The second-order valence-corrected chi connectivity index (χ2v) is 4.67. The third-order valence-corrected chi connectivity index (χ3v) is 3.59. The lowest BCUT2D eigenvalue weighted by atomic mass is 10.0. The summed E-state index contributed by atoms with van der Waals surface area (Å²) in [4.78, 5) is 22.6. The molecular weight excluding hydrogens is 345 g/mol. The van der Waals surface area contributed by atoms with Crippen molar-refractivity contribution in [1.29, 1.82) is 0 Å². The third-order valence-electron chi connectivity index (χ3n) is 2.46. The monoisotopic (exact) mass is 353 g/mol. The van der Waals surface area contributed by atoms with Gasteiger partial charge in [-0.3, -0.25) is 14.9 Å². The van der Waals surface area contributed by atoms with Gasteiger partial charge >= 0.3 is 0 Å². The maximum absolute atomic E-state index is 12.2. The van der Waals surface area contributed by atoms with E-state index >= 15 is 0 Å². The standard InChI is InChI=1S/C13H8INO3/c14-12-10(7-4-8-11(12)15(17)18)13(16)9-5-2-1-3-6-9/h1-8H. The highest BCUT2D eigenvalue weighted by Crippen LogP contribution is 2.25. The molecule has 2 aromatic rings. The Bertz CT molecular complexity index is 611. The number of carbonyl (C=O) groups is 1. The first-order valence-electron chi connectivity index (χ1n) is 5.14. The van der Waals surface area contributed by atoms with Crippen molar-refractivity contribution in [2.24, 2.45) is 0 Å². The fourth-order valence-electron chi connectivity index (χ4n) is 1.58. The first-order valence-corrected chi connectivity index (χ1v) is 6.22. The molecule has 0 amide bonds. The summed E-state index contributed by atoms with van der Waals surface area (Å²) in [5, 5.41) is 10.8. The zero-order valence-corrected chi connectivity index (χ0v) is 11.3. The molecule has 0 radical (unpaired) electrons. The van der Waals surface area contributed by atoms with E-state index in [0.29, 0.717) is 14.7 Å². The smallest absolute Gasteiger partial charge is 0.283 e. The van der Waals surface area contributed by atoms with Crippen LogP contribution in [0.3, 0.4) is 0 Å². The van der Waals surface area contributed by atoms with Crippen LogP contribution in [-0.4, -0.2) is 10.7 Å². The summed E-state index contributed by atoms with van der Waals surface area (Å²) in [6.45, 7) is 0. The molecule has 18 heavy (non-hydrogen) atoms. The minimum atomic E-state index is -0.483. The van der Waals surface area contributed by atoms with E-state index in [1.54, 1.807) is 30.3 Å². The molecule has 0 aliphatic heterocycles. The number of rotatable bonds is 3. The van der Waals surface area contributed by atoms with Gasteiger partial charge in [0.05, 0.1) is 4.92 Å². The Kier molecular flexibility index (Phi) is 3.71. The topological polar surface area (TPSA) is 60.2 Å². The molecule has 0 aliphatic rings. The van der Waals surface area contributed by atoms with Gasteiger partial charge < -0.3 is 0 Å². The van der Waals surface area contributed by atoms with Crippen LogP contribution in [0, 0.1) is 13.7 Å². The van der Waals surface area contributed by atoms with Crippen molar-refractivity contribution in [2.45, 2.75) is 0 Å². The largest absolute Gasteiger partial charge is 0.289 e. The van der Waals surface area contributed by atoms with Crippen LogP contribution < -0.4 is 0 Å². The van der Waals surface area contributed by atoms with Gasteiger partial charge in [-0.25, -0.2) is 0 Å². The Labute approximate surface area is 117 Å². The SMILES string of the molecule is O=C(c1ccccc1)c1cccc([N+](=O)[O-])c1I. The normalized spacial score (nSPS) is 10.1. The van der Waals surface area contributed by atoms with Crippen LogP contribution in [0.5, 0.6) is 0 Å². The minimum Gasteiger partial charge on any atom is -0.289 e. The van der Waals surface area contributed by atoms with Gasteiger partial charge in [-0.2, -0.15) is 0 Å². The molecule has 4 nitrogen and oxygen atoms in total. The first kappa shape index (κ1) is 12.7. The van der Waals surface area contributed by atoms with Crippen molar-refractivity contribution in [3.63, 3.8) is 0 Å². The highest BCUT2D eigenvalue weighted by atomic mass is 127. The van der Waals surface area contributed by atoms with E-state index in [9.17, 15) is 14.9 Å². The minimum absolute atomic E-state index is 0.0441. The summed E-state index contributed by atoms with van der Waals surface area (Å²) >= 11 is 1.84. The van der Waals surface area contributed by atoms with Crippen LogP contribution in [0.4, 0.5) is 5.69 Å². The number of nitro benzene ring substituents is 1. The van der Waals surface area contributed by atoms with E-state index in [-0.39, 0.29) is 11.5 Å². The fraction of sp³-hybridized carbons (Fsp3) is 0. The Hall–Kier alpha value is -1.76. The quantitative estimate of drug-likeness (QED) is 0.368. The highest BCUT2D eigenvalue weighted by molar-refractivity contribution is 14.1. The number of nitrogens with zero attached hydrogens (tertiary/aromatic N) is 1. The van der Waals surface area contributed by atoms with Crippen LogP contribution in [-0.2, 0) is 0 Å². The summed E-state index contributed by atoms with van der Waals surface area (Å²) in [7, 11) is 0. The maximum atomic E-state index is 12.2. The summed E-state index contributed by atoms with van der Waals surface area (Å²) in [5.41, 5.74) is 0.837. The van der Waals surface area contributed by atoms with Crippen molar-refractivity contribution < 1.29 is 9.72 Å². The van der Waals surface area contributed by atoms with Gasteiger partial charge in [-0.05, 0) is 28.7 Å². The van der Waals surface area contributed by atoms with Crippen molar-refractivity contribution in [3.8, 4) is 0 Å². The van der Waals surface area contributed by atoms with Crippen molar-refractivity contribution in [1.82, 2.24) is 0 Å². The van der Waals surface area contributed by atoms with Gasteiger partial charge in [0.1, 0.15) is 3.57 Å². The van der Waals surface area contributed by atoms with Crippen LogP contribution >= 0.6 is 22.6 Å². The highest BCUT2D eigenvalue weighted by Gasteiger charge is 2.19. The first-order chi connectivity index (χ1) is 8.61. The predicted molar refractivity (Wildman–Crippen MR) is 75.7 cm³/mol. The Balaban J connectivity index is 2.50. The molecule has 0 saturated heterocycles. The molecule has 2 rings (SSSR count). The molecule has 0 atom stereocenters. The maximum Gasteiger partial charge on any atom is 0.283 e. The number of hydrogen-bond donors (Lipinski definition) is 0. The number of carbonyl (C=O) groups excluding carboxylic acids is 1. The molecule has 0 spiro atoms. The van der Waals surface area contributed by atoms with Crippen LogP contribution in [0.1, 0.15) is 15.9 Å². The van der Waals surface area contributed by atoms with Crippen molar-refractivity contribution >= 4 is 34.1 Å². The molecule has 90 valence electrons. The van der Waals surface area contributed by atoms with E-state index in [1.807, 2.05) is 28.7 Å². The van der Waals surface area contributed by atoms with Gasteiger partial charge in [0.25, 0.3) is 5.69 Å². The second kappa shape index (κ2) is 5.26. The molecule has 0 saturated carbocycles. The Morgan fingerprint density at radius 3 is 2.33 bits per heavy atom. The predicted octanol–water partition coefficient (Wildman–Crippen LogP) is 3.43. The number of hydrogen-bond acceptors (Lipinski definition) is 3. The van der Waals surface area contributed by atoms with E-state index < -0.39 is 4.92 Å². The van der Waals surface area contributed by atoms with E-state index in [2.05, 4.69) is 0 Å². The fourth-order valence-corrected chi connectivity index (χ4v) is 2.38. The van der Waals surface area contributed by atoms with Crippen LogP contribution in [0.15, 0.2) is 48.5 Å². The third kappa shape index (κ3) is 2.40. The van der Waals surface area contributed by atoms with Crippen molar-refractivity contribution in [2.75, 3.05) is 0 Å². The molecule has 5 heteroatoms.